The average Bonchev–Trinajstić information content (AvgIpc) is 3.21. The zero-order valence-electron chi connectivity index (χ0n) is 15.4. The number of hydrogen-bond donors (Lipinski definition) is 2. The second kappa shape index (κ2) is 8.80. The Morgan fingerprint density at radius 3 is 2.63 bits per heavy atom. The van der Waals surface area contributed by atoms with E-state index in [2.05, 4.69) is 15.1 Å². The number of halogens is 1. The van der Waals surface area contributed by atoms with Crippen LogP contribution in [0.15, 0.2) is 65.7 Å². The summed E-state index contributed by atoms with van der Waals surface area (Å²) in [5.74, 6) is -1.07. The van der Waals surface area contributed by atoms with Gasteiger partial charge in [0, 0.05) is 31.4 Å². The van der Waals surface area contributed by atoms with Gasteiger partial charge in [0.2, 0.25) is 10.0 Å². The van der Waals surface area contributed by atoms with E-state index in [1.54, 1.807) is 6.07 Å². The molecule has 3 aromatic rings. The lowest BCUT2D eigenvalue weighted by Crippen LogP contribution is -2.34. The van der Waals surface area contributed by atoms with Crippen LogP contribution < -0.4 is 10.0 Å². The Bertz CT molecular complexity index is 1190. The molecule has 30 heavy (non-hydrogen) atoms. The van der Waals surface area contributed by atoms with Crippen LogP contribution in [0, 0.1) is 15.9 Å². The summed E-state index contributed by atoms with van der Waals surface area (Å²) < 4.78 is 41.7. The fourth-order valence-electron chi connectivity index (χ4n) is 2.52. The Labute approximate surface area is 170 Å². The molecule has 1 heterocycles. The van der Waals surface area contributed by atoms with Gasteiger partial charge >= 0.3 is 0 Å². The minimum absolute atomic E-state index is 0.0276. The van der Waals surface area contributed by atoms with E-state index in [-0.39, 0.29) is 35.1 Å². The summed E-state index contributed by atoms with van der Waals surface area (Å²) in [6.45, 7) is -0.204. The number of carbonyl (C=O) groups is 1. The van der Waals surface area contributed by atoms with Gasteiger partial charge in [0.15, 0.2) is 5.69 Å². The minimum Gasteiger partial charge on any atom is -0.349 e. The van der Waals surface area contributed by atoms with E-state index in [9.17, 15) is 27.7 Å². The number of nitrogens with one attached hydrogen (secondary N) is 2. The summed E-state index contributed by atoms with van der Waals surface area (Å²) in [7, 11) is -3.98. The largest absolute Gasteiger partial charge is 0.349 e. The van der Waals surface area contributed by atoms with Crippen molar-refractivity contribution in [2.75, 3.05) is 13.1 Å². The van der Waals surface area contributed by atoms with Crippen molar-refractivity contribution in [1.82, 2.24) is 19.8 Å². The second-order valence-electron chi connectivity index (χ2n) is 6.01. The highest BCUT2D eigenvalue weighted by molar-refractivity contribution is 7.89. The minimum atomic E-state index is -3.98. The third-order valence-electron chi connectivity index (χ3n) is 3.96. The van der Waals surface area contributed by atoms with Gasteiger partial charge in [-0.2, -0.15) is 5.10 Å². The molecule has 2 aromatic carbocycles. The molecule has 1 aromatic heterocycles. The zero-order chi connectivity index (χ0) is 21.7. The molecule has 0 unspecified atom stereocenters. The molecule has 0 aliphatic heterocycles. The quantitative estimate of drug-likeness (QED) is 0.315. The van der Waals surface area contributed by atoms with Gasteiger partial charge in [0.05, 0.1) is 9.82 Å². The maximum atomic E-state index is 13.8. The van der Waals surface area contributed by atoms with E-state index in [4.69, 9.17) is 0 Å². The molecule has 0 radical (unpaired) electrons. The van der Waals surface area contributed by atoms with Crippen molar-refractivity contribution in [2.24, 2.45) is 0 Å². The summed E-state index contributed by atoms with van der Waals surface area (Å²) in [6.07, 6.45) is 1.43. The number of non-ortho nitro benzene ring substituents is 1. The summed E-state index contributed by atoms with van der Waals surface area (Å²) in [5.41, 5.74) is -0.141. The first-order chi connectivity index (χ1) is 14.3. The predicted octanol–water partition coefficient (Wildman–Crippen LogP) is 1.63. The lowest BCUT2D eigenvalue weighted by atomic mass is 10.3. The van der Waals surface area contributed by atoms with Crippen LogP contribution >= 0.6 is 0 Å². The second-order valence-corrected chi connectivity index (χ2v) is 7.77. The maximum absolute atomic E-state index is 13.8. The standard InChI is InChI=1S/C18H16FN5O5S/c19-15-6-1-2-7-17(15)23-11-8-16(22-23)18(25)20-9-10-21-30(28,29)14-5-3-4-13(12-14)24(26)27/h1-8,11-12,21H,9-10H2,(H,20,25). The van der Waals surface area contributed by atoms with Crippen LogP contribution in [0.4, 0.5) is 10.1 Å². The zero-order valence-corrected chi connectivity index (χ0v) is 16.2. The fraction of sp³-hybridized carbons (Fsp3) is 0.111. The van der Waals surface area contributed by atoms with Gasteiger partial charge in [-0.05, 0) is 24.3 Å². The van der Waals surface area contributed by atoms with Crippen molar-refractivity contribution in [2.45, 2.75) is 4.90 Å². The van der Waals surface area contributed by atoms with Crippen molar-refractivity contribution < 1.29 is 22.5 Å². The van der Waals surface area contributed by atoms with E-state index in [1.165, 1.54) is 53.3 Å². The number of nitro groups is 1. The van der Waals surface area contributed by atoms with Crippen molar-refractivity contribution in [3.63, 3.8) is 0 Å². The number of carbonyl (C=O) groups excluding carboxylic acids is 1. The highest BCUT2D eigenvalue weighted by atomic mass is 32.2. The van der Waals surface area contributed by atoms with Gasteiger partial charge in [-0.1, -0.05) is 18.2 Å². The molecule has 10 nitrogen and oxygen atoms in total. The van der Waals surface area contributed by atoms with Gasteiger partial charge in [-0.15, -0.1) is 0 Å². The molecule has 1 amide bonds. The van der Waals surface area contributed by atoms with Crippen LogP contribution in [0.1, 0.15) is 10.5 Å². The van der Waals surface area contributed by atoms with Crippen molar-refractivity contribution >= 4 is 21.6 Å². The van der Waals surface area contributed by atoms with E-state index < -0.39 is 26.7 Å². The molecule has 0 saturated heterocycles. The van der Waals surface area contributed by atoms with Crippen molar-refractivity contribution in [3.8, 4) is 5.69 Å². The van der Waals surface area contributed by atoms with Crippen molar-refractivity contribution in [1.29, 1.82) is 0 Å². The SMILES string of the molecule is O=C(NCCNS(=O)(=O)c1cccc([N+](=O)[O-])c1)c1ccn(-c2ccccc2F)n1. The van der Waals surface area contributed by atoms with Gasteiger partial charge in [0.25, 0.3) is 11.6 Å². The molecule has 156 valence electrons. The Balaban J connectivity index is 1.56. The number of nitrogens with zero attached hydrogens (tertiary/aromatic N) is 3. The van der Waals surface area contributed by atoms with Crippen molar-refractivity contribution in [3.05, 3.63) is 82.4 Å². The Morgan fingerprint density at radius 2 is 1.90 bits per heavy atom. The van der Waals surface area contributed by atoms with E-state index in [0.717, 1.165) is 6.07 Å². The Kier molecular flexibility index (Phi) is 6.18. The average molecular weight is 433 g/mol. The monoisotopic (exact) mass is 433 g/mol. The third-order valence-corrected chi connectivity index (χ3v) is 5.42. The predicted molar refractivity (Wildman–Crippen MR) is 104 cm³/mol. The van der Waals surface area contributed by atoms with Gasteiger partial charge < -0.3 is 5.32 Å². The van der Waals surface area contributed by atoms with Gasteiger partial charge in [0.1, 0.15) is 11.5 Å². The fourth-order valence-corrected chi connectivity index (χ4v) is 3.59. The molecule has 0 aliphatic rings. The highest BCUT2D eigenvalue weighted by Gasteiger charge is 2.17. The van der Waals surface area contributed by atoms with Crippen LogP contribution in [0.3, 0.4) is 0 Å². The van der Waals surface area contributed by atoms with Crippen LogP contribution in [-0.4, -0.2) is 42.1 Å². The van der Waals surface area contributed by atoms with E-state index >= 15 is 0 Å². The summed E-state index contributed by atoms with van der Waals surface area (Å²) >= 11 is 0. The molecule has 0 spiro atoms. The molecule has 0 bridgehead atoms. The molecule has 0 atom stereocenters. The number of rotatable bonds is 8. The maximum Gasteiger partial charge on any atom is 0.271 e. The van der Waals surface area contributed by atoms with Gasteiger partial charge in [-0.25, -0.2) is 22.2 Å². The first-order valence-electron chi connectivity index (χ1n) is 8.61. The van der Waals surface area contributed by atoms with Crippen LogP contribution in [0.5, 0.6) is 0 Å². The number of aromatic nitrogens is 2. The molecule has 0 fully saturated rings. The van der Waals surface area contributed by atoms with Crippen LogP contribution in [0.2, 0.25) is 0 Å². The first kappa shape index (κ1) is 21.1. The molecule has 0 aliphatic carbocycles. The third kappa shape index (κ3) is 4.85. The van der Waals surface area contributed by atoms with E-state index in [0.29, 0.717) is 0 Å². The number of hydrogen-bond acceptors (Lipinski definition) is 6. The molecular weight excluding hydrogens is 417 g/mol. The lowest BCUT2D eigenvalue weighted by molar-refractivity contribution is -0.385. The molecule has 3 rings (SSSR count). The highest BCUT2D eigenvalue weighted by Crippen LogP contribution is 2.17. The summed E-state index contributed by atoms with van der Waals surface area (Å²) in [4.78, 5) is 22.0. The molecule has 0 saturated carbocycles. The normalized spacial score (nSPS) is 11.2. The summed E-state index contributed by atoms with van der Waals surface area (Å²) in [5, 5.41) is 17.3. The Hall–Kier alpha value is -3.64. The molecular formula is C18H16FN5O5S. The van der Waals surface area contributed by atoms with Gasteiger partial charge in [-0.3, -0.25) is 14.9 Å². The molecule has 12 heteroatoms. The Morgan fingerprint density at radius 1 is 1.13 bits per heavy atom. The number of para-hydroxylation sites is 1. The number of nitro benzene ring substituents is 1. The lowest BCUT2D eigenvalue weighted by Gasteiger charge is -2.07. The topological polar surface area (TPSA) is 136 Å². The van der Waals surface area contributed by atoms with E-state index in [1.807, 2.05) is 0 Å². The van der Waals surface area contributed by atoms with Crippen LogP contribution in [0.25, 0.3) is 5.69 Å². The number of sulfonamides is 1. The number of amides is 1. The smallest absolute Gasteiger partial charge is 0.271 e. The summed E-state index contributed by atoms with van der Waals surface area (Å²) in [6, 6.07) is 11.9. The molecule has 2 N–H and O–H groups in total. The van der Waals surface area contributed by atoms with Crippen LogP contribution in [-0.2, 0) is 10.0 Å². The number of benzene rings is 2. The first-order valence-corrected chi connectivity index (χ1v) is 10.1.